The fourth-order valence-corrected chi connectivity index (χ4v) is 3.08. The van der Waals surface area contributed by atoms with E-state index in [1.165, 1.54) is 0 Å². The number of aliphatic carboxylic acids is 1. The van der Waals surface area contributed by atoms with E-state index in [4.69, 9.17) is 21.4 Å². The number of carboxylic acids is 1. The third kappa shape index (κ3) is 4.22. The van der Waals surface area contributed by atoms with Gasteiger partial charge >= 0.3 is 5.97 Å². The maximum absolute atomic E-state index is 10.9. The Morgan fingerprint density at radius 1 is 1.29 bits per heavy atom. The minimum atomic E-state index is -0.861. The van der Waals surface area contributed by atoms with Gasteiger partial charge in [-0.15, -0.1) is 0 Å². The van der Waals surface area contributed by atoms with Gasteiger partial charge < -0.3 is 9.84 Å². The molecule has 0 saturated carbocycles. The normalized spacial score (nSPS) is 10.4. The molecule has 0 bridgehead atoms. The molecule has 0 heterocycles. The van der Waals surface area contributed by atoms with Crippen molar-refractivity contribution in [2.75, 3.05) is 0 Å². The van der Waals surface area contributed by atoms with Gasteiger partial charge in [-0.1, -0.05) is 51.8 Å². The van der Waals surface area contributed by atoms with Crippen molar-refractivity contribution < 1.29 is 14.6 Å². The molecule has 110 valence electrons. The van der Waals surface area contributed by atoms with E-state index in [-0.39, 0.29) is 13.0 Å². The van der Waals surface area contributed by atoms with E-state index >= 15 is 0 Å². The van der Waals surface area contributed by atoms with Gasteiger partial charge in [0.15, 0.2) is 0 Å². The summed E-state index contributed by atoms with van der Waals surface area (Å²) in [5.74, 6) is -0.245. The van der Waals surface area contributed by atoms with Gasteiger partial charge in [0.25, 0.3) is 0 Å². The lowest BCUT2D eigenvalue weighted by Crippen LogP contribution is -2.06. The van der Waals surface area contributed by atoms with Crippen molar-refractivity contribution in [2.24, 2.45) is 0 Å². The van der Waals surface area contributed by atoms with Crippen molar-refractivity contribution in [3.8, 4) is 5.75 Å². The second kappa shape index (κ2) is 6.96. The van der Waals surface area contributed by atoms with Crippen LogP contribution in [0.2, 0.25) is 5.02 Å². The first kappa shape index (κ1) is 15.9. The van der Waals surface area contributed by atoms with Crippen LogP contribution in [0.15, 0.2) is 40.9 Å². The first-order valence-electron chi connectivity index (χ1n) is 6.34. The number of halogens is 2. The Kier molecular flexibility index (Phi) is 5.26. The van der Waals surface area contributed by atoms with E-state index in [0.29, 0.717) is 10.8 Å². The monoisotopic (exact) mass is 368 g/mol. The number of aryl methyl sites for hydroxylation is 1. The number of carboxylic acid groups (broad SMARTS) is 1. The van der Waals surface area contributed by atoms with Crippen LogP contribution >= 0.6 is 27.5 Å². The molecule has 1 N–H and O–H groups in total. The second-order valence-electron chi connectivity index (χ2n) is 4.66. The molecule has 2 aromatic rings. The Morgan fingerprint density at radius 3 is 2.57 bits per heavy atom. The molecular weight excluding hydrogens is 356 g/mol. The van der Waals surface area contributed by atoms with Crippen molar-refractivity contribution in [2.45, 2.75) is 20.0 Å². The standard InChI is InChI=1S/C16H14BrClO3/c1-10-6-13(17)8-14(18)16(10)21-9-12-5-3-2-4-11(12)7-15(19)20/h2-6,8H,7,9H2,1H3,(H,19,20). The summed E-state index contributed by atoms with van der Waals surface area (Å²) in [6.07, 6.45) is -0.0212. The van der Waals surface area contributed by atoms with Crippen LogP contribution in [0.3, 0.4) is 0 Å². The lowest BCUT2D eigenvalue weighted by atomic mass is 10.1. The zero-order chi connectivity index (χ0) is 15.4. The van der Waals surface area contributed by atoms with Crippen LogP contribution in [0.4, 0.5) is 0 Å². The summed E-state index contributed by atoms with van der Waals surface area (Å²) in [4.78, 5) is 10.9. The molecule has 3 nitrogen and oxygen atoms in total. The predicted octanol–water partition coefficient (Wildman–Crippen LogP) is 4.62. The summed E-state index contributed by atoms with van der Waals surface area (Å²) in [7, 11) is 0. The molecule has 21 heavy (non-hydrogen) atoms. The highest BCUT2D eigenvalue weighted by Gasteiger charge is 2.10. The minimum absolute atomic E-state index is 0.0212. The van der Waals surface area contributed by atoms with Gasteiger partial charge in [0.1, 0.15) is 12.4 Å². The maximum Gasteiger partial charge on any atom is 0.307 e. The summed E-state index contributed by atoms with van der Waals surface area (Å²) in [5, 5.41) is 9.45. The molecule has 0 unspecified atom stereocenters. The highest BCUT2D eigenvalue weighted by atomic mass is 79.9. The van der Waals surface area contributed by atoms with Crippen LogP contribution in [0, 0.1) is 6.92 Å². The molecule has 5 heteroatoms. The topological polar surface area (TPSA) is 46.5 Å². The van der Waals surface area contributed by atoms with Crippen molar-refractivity contribution >= 4 is 33.5 Å². The molecule has 0 aliphatic heterocycles. The van der Waals surface area contributed by atoms with Crippen LogP contribution in [-0.2, 0) is 17.8 Å². The van der Waals surface area contributed by atoms with Gasteiger partial charge in [0.2, 0.25) is 0 Å². The number of carbonyl (C=O) groups is 1. The average molecular weight is 370 g/mol. The Hall–Kier alpha value is -1.52. The van der Waals surface area contributed by atoms with Gasteiger partial charge in [0, 0.05) is 4.47 Å². The van der Waals surface area contributed by atoms with Crippen LogP contribution in [0.1, 0.15) is 16.7 Å². The van der Waals surface area contributed by atoms with E-state index in [9.17, 15) is 4.79 Å². The first-order chi connectivity index (χ1) is 9.97. The summed E-state index contributed by atoms with van der Waals surface area (Å²) < 4.78 is 6.68. The number of hydrogen-bond acceptors (Lipinski definition) is 2. The summed E-state index contributed by atoms with van der Waals surface area (Å²) in [6.45, 7) is 2.20. The van der Waals surface area contributed by atoms with Crippen LogP contribution in [0.25, 0.3) is 0 Å². The molecule has 0 atom stereocenters. The van der Waals surface area contributed by atoms with E-state index in [1.807, 2.05) is 31.2 Å². The van der Waals surface area contributed by atoms with Crippen LogP contribution in [0.5, 0.6) is 5.75 Å². The Balaban J connectivity index is 2.19. The van der Waals surface area contributed by atoms with Crippen LogP contribution < -0.4 is 4.74 Å². The molecule has 0 saturated heterocycles. The highest BCUT2D eigenvalue weighted by Crippen LogP contribution is 2.32. The molecule has 0 spiro atoms. The first-order valence-corrected chi connectivity index (χ1v) is 7.51. The van der Waals surface area contributed by atoms with Gasteiger partial charge in [-0.05, 0) is 35.7 Å². The molecule has 0 aromatic heterocycles. The largest absolute Gasteiger partial charge is 0.487 e. The Bertz CT molecular complexity index is 647. The number of ether oxygens (including phenoxy) is 1. The van der Waals surface area contributed by atoms with Gasteiger partial charge in [-0.25, -0.2) is 0 Å². The number of hydrogen-bond donors (Lipinski definition) is 1. The minimum Gasteiger partial charge on any atom is -0.487 e. The van der Waals surface area contributed by atoms with Crippen molar-refractivity contribution in [3.05, 3.63) is 62.6 Å². The van der Waals surface area contributed by atoms with Crippen molar-refractivity contribution in [1.29, 1.82) is 0 Å². The Labute approximate surface area is 136 Å². The fourth-order valence-electron chi connectivity index (χ4n) is 2.06. The smallest absolute Gasteiger partial charge is 0.307 e. The lowest BCUT2D eigenvalue weighted by Gasteiger charge is -2.13. The van der Waals surface area contributed by atoms with Crippen molar-refractivity contribution in [3.63, 3.8) is 0 Å². The lowest BCUT2D eigenvalue weighted by molar-refractivity contribution is -0.136. The van der Waals surface area contributed by atoms with Crippen LogP contribution in [-0.4, -0.2) is 11.1 Å². The zero-order valence-electron chi connectivity index (χ0n) is 11.4. The Morgan fingerprint density at radius 2 is 1.95 bits per heavy atom. The highest BCUT2D eigenvalue weighted by molar-refractivity contribution is 9.10. The molecule has 0 fully saturated rings. The number of rotatable bonds is 5. The quantitative estimate of drug-likeness (QED) is 0.836. The molecule has 2 rings (SSSR count). The maximum atomic E-state index is 10.9. The van der Waals surface area contributed by atoms with Crippen molar-refractivity contribution in [1.82, 2.24) is 0 Å². The summed E-state index contributed by atoms with van der Waals surface area (Å²) in [5.41, 5.74) is 2.51. The summed E-state index contributed by atoms with van der Waals surface area (Å²) in [6, 6.07) is 11.0. The third-order valence-electron chi connectivity index (χ3n) is 3.03. The molecular formula is C16H14BrClO3. The number of benzene rings is 2. The average Bonchev–Trinajstić information content (AvgIpc) is 2.38. The molecule has 0 aliphatic rings. The molecule has 0 radical (unpaired) electrons. The van der Waals surface area contributed by atoms with E-state index in [1.54, 1.807) is 12.1 Å². The SMILES string of the molecule is Cc1cc(Br)cc(Cl)c1OCc1ccccc1CC(=O)O. The van der Waals surface area contributed by atoms with Gasteiger partial charge in [-0.2, -0.15) is 0 Å². The van der Waals surface area contributed by atoms with E-state index < -0.39 is 5.97 Å². The van der Waals surface area contributed by atoms with Gasteiger partial charge in [-0.3, -0.25) is 4.79 Å². The second-order valence-corrected chi connectivity index (χ2v) is 5.98. The van der Waals surface area contributed by atoms with E-state index in [2.05, 4.69) is 15.9 Å². The third-order valence-corrected chi connectivity index (χ3v) is 3.76. The predicted molar refractivity (Wildman–Crippen MR) is 86.0 cm³/mol. The van der Waals surface area contributed by atoms with E-state index in [0.717, 1.165) is 21.2 Å². The summed E-state index contributed by atoms with van der Waals surface area (Å²) >= 11 is 9.55. The zero-order valence-corrected chi connectivity index (χ0v) is 13.7. The van der Waals surface area contributed by atoms with Gasteiger partial charge in [0.05, 0.1) is 11.4 Å². The molecule has 2 aromatic carbocycles. The fraction of sp³-hybridized carbons (Fsp3) is 0.188. The molecule has 0 amide bonds. The molecule has 0 aliphatic carbocycles.